The molecule has 3 heterocycles. The molecule has 0 N–H and O–H groups in total. The van der Waals surface area contributed by atoms with Crippen LogP contribution in [0.4, 0.5) is 0 Å². The third-order valence-electron chi connectivity index (χ3n) is 5.09. The summed E-state index contributed by atoms with van der Waals surface area (Å²) in [6.07, 6.45) is 4.68. The van der Waals surface area contributed by atoms with Gasteiger partial charge in [0, 0.05) is 24.2 Å². The number of nitrogens with zero attached hydrogens (tertiary/aromatic N) is 3. The third kappa shape index (κ3) is 1.73. The first-order chi connectivity index (χ1) is 10.0. The molecule has 2 aromatic rings. The molecule has 2 aromatic heterocycles. The van der Waals surface area contributed by atoms with E-state index in [0.717, 1.165) is 25.2 Å². The summed E-state index contributed by atoms with van der Waals surface area (Å²) in [5.74, 6) is 0.294. The molecule has 0 saturated heterocycles. The summed E-state index contributed by atoms with van der Waals surface area (Å²) < 4.78 is 2.14. The lowest BCUT2D eigenvalue weighted by Gasteiger charge is -2.32. The molecule has 4 nitrogen and oxygen atoms in total. The third-order valence-corrected chi connectivity index (χ3v) is 6.13. The van der Waals surface area contributed by atoms with Gasteiger partial charge >= 0.3 is 0 Å². The van der Waals surface area contributed by atoms with Crippen molar-refractivity contribution in [2.75, 3.05) is 6.54 Å². The van der Waals surface area contributed by atoms with Crippen molar-refractivity contribution in [3.63, 3.8) is 0 Å². The van der Waals surface area contributed by atoms with Crippen LogP contribution >= 0.6 is 11.3 Å². The zero-order valence-electron chi connectivity index (χ0n) is 12.4. The number of hydrogen-bond donors (Lipinski definition) is 0. The summed E-state index contributed by atoms with van der Waals surface area (Å²) in [6, 6.07) is 4.17. The molecule has 21 heavy (non-hydrogen) atoms. The second-order valence-corrected chi connectivity index (χ2v) is 7.70. The first-order valence-electron chi connectivity index (χ1n) is 7.37. The zero-order valence-corrected chi connectivity index (χ0v) is 13.2. The van der Waals surface area contributed by atoms with Gasteiger partial charge in [0.2, 0.25) is 5.91 Å². The minimum atomic E-state index is -0.302. The van der Waals surface area contributed by atoms with Gasteiger partial charge in [0.1, 0.15) is 0 Å². The molecule has 0 radical (unpaired) electrons. The number of hydrogen-bond acceptors (Lipinski definition) is 3. The quantitative estimate of drug-likeness (QED) is 0.855. The van der Waals surface area contributed by atoms with Gasteiger partial charge in [0.25, 0.3) is 0 Å². The summed E-state index contributed by atoms with van der Waals surface area (Å²) in [4.78, 5) is 20.7. The normalized spacial score (nSPS) is 26.5. The standard InChI is InChI=1S/C16H19N3OS/c1-15(2)10-16(15,13-4-3-7-21-13)14(20)18-5-6-19-11-17-8-12(19)9-18/h3-4,7-8,11H,5-6,9-10H2,1-2H3/t16-/m0/s1. The SMILES string of the molecule is CC1(C)C[C@@]1(C(=O)N1CCn2cncc2C1)c1cccs1. The zero-order chi connectivity index (χ0) is 14.7. The molecule has 0 aromatic carbocycles. The minimum Gasteiger partial charge on any atom is -0.334 e. The van der Waals surface area contributed by atoms with E-state index < -0.39 is 0 Å². The van der Waals surface area contributed by atoms with Crippen LogP contribution in [-0.2, 0) is 23.3 Å². The van der Waals surface area contributed by atoms with Crippen LogP contribution in [0.1, 0.15) is 30.8 Å². The number of fused-ring (bicyclic) bond motifs is 1. The highest BCUT2D eigenvalue weighted by Crippen LogP contribution is 2.66. The van der Waals surface area contributed by atoms with Crippen molar-refractivity contribution in [3.05, 3.63) is 40.6 Å². The Morgan fingerprint density at radius 3 is 2.86 bits per heavy atom. The van der Waals surface area contributed by atoms with E-state index in [4.69, 9.17) is 0 Å². The van der Waals surface area contributed by atoms with Crippen molar-refractivity contribution in [2.45, 2.75) is 38.8 Å². The van der Waals surface area contributed by atoms with E-state index >= 15 is 0 Å². The number of aromatic nitrogens is 2. The van der Waals surface area contributed by atoms with Crippen molar-refractivity contribution in [1.82, 2.24) is 14.5 Å². The van der Waals surface area contributed by atoms with Crippen molar-refractivity contribution in [1.29, 1.82) is 0 Å². The van der Waals surface area contributed by atoms with Crippen LogP contribution in [0.5, 0.6) is 0 Å². The summed E-state index contributed by atoms with van der Waals surface area (Å²) in [6.45, 7) is 6.73. The summed E-state index contributed by atoms with van der Waals surface area (Å²) >= 11 is 1.71. The lowest BCUT2D eigenvalue weighted by atomic mass is 9.92. The highest BCUT2D eigenvalue weighted by atomic mass is 32.1. The van der Waals surface area contributed by atoms with Crippen molar-refractivity contribution < 1.29 is 4.79 Å². The van der Waals surface area contributed by atoms with E-state index in [1.54, 1.807) is 11.3 Å². The number of carbonyl (C=O) groups is 1. The van der Waals surface area contributed by atoms with Gasteiger partial charge in [0.15, 0.2) is 0 Å². The van der Waals surface area contributed by atoms with Crippen LogP contribution in [0, 0.1) is 5.41 Å². The number of rotatable bonds is 2. The van der Waals surface area contributed by atoms with E-state index in [9.17, 15) is 4.79 Å². The fourth-order valence-corrected chi connectivity index (χ4v) is 4.76. The predicted octanol–water partition coefficient (Wildman–Crippen LogP) is 2.65. The number of imidazole rings is 1. The second kappa shape index (κ2) is 4.19. The molecule has 0 spiro atoms. The maximum atomic E-state index is 13.2. The summed E-state index contributed by atoms with van der Waals surface area (Å²) in [5.41, 5.74) is 0.894. The number of thiophene rings is 1. The van der Waals surface area contributed by atoms with Gasteiger partial charge in [-0.1, -0.05) is 19.9 Å². The van der Waals surface area contributed by atoms with Gasteiger partial charge in [-0.05, 0) is 23.3 Å². The molecule has 4 rings (SSSR count). The molecule has 0 bridgehead atoms. The lowest BCUT2D eigenvalue weighted by Crippen LogP contribution is -2.44. The fraction of sp³-hybridized carbons (Fsp3) is 0.500. The fourth-order valence-electron chi connectivity index (χ4n) is 3.66. The molecular weight excluding hydrogens is 282 g/mol. The first-order valence-corrected chi connectivity index (χ1v) is 8.25. The van der Waals surface area contributed by atoms with E-state index in [-0.39, 0.29) is 10.8 Å². The lowest BCUT2D eigenvalue weighted by molar-refractivity contribution is -0.136. The van der Waals surface area contributed by atoms with Crippen molar-refractivity contribution in [3.8, 4) is 0 Å². The van der Waals surface area contributed by atoms with E-state index in [1.165, 1.54) is 4.88 Å². The first kappa shape index (κ1) is 13.1. The van der Waals surface area contributed by atoms with Crippen molar-refractivity contribution >= 4 is 17.2 Å². The van der Waals surface area contributed by atoms with Crippen LogP contribution in [-0.4, -0.2) is 26.9 Å². The Hall–Kier alpha value is -1.62. The topological polar surface area (TPSA) is 38.1 Å². The highest BCUT2D eigenvalue weighted by molar-refractivity contribution is 7.10. The molecule has 1 atom stereocenters. The number of amides is 1. The van der Waals surface area contributed by atoms with Gasteiger partial charge in [-0.2, -0.15) is 0 Å². The Labute approximate surface area is 128 Å². The Balaban J connectivity index is 1.66. The molecular formula is C16H19N3OS. The molecule has 1 saturated carbocycles. The molecule has 110 valence electrons. The highest BCUT2D eigenvalue weighted by Gasteiger charge is 2.68. The maximum absolute atomic E-state index is 13.2. The van der Waals surface area contributed by atoms with Crippen LogP contribution in [0.15, 0.2) is 30.0 Å². The minimum absolute atomic E-state index is 0.0621. The Bertz CT molecular complexity index is 688. The van der Waals surface area contributed by atoms with Gasteiger partial charge in [-0.25, -0.2) is 4.98 Å². The van der Waals surface area contributed by atoms with Gasteiger partial charge in [-0.15, -0.1) is 11.3 Å². The smallest absolute Gasteiger partial charge is 0.235 e. The largest absolute Gasteiger partial charge is 0.334 e. The predicted molar refractivity (Wildman–Crippen MR) is 82.0 cm³/mol. The number of carbonyl (C=O) groups excluding carboxylic acids is 1. The molecule has 0 unspecified atom stereocenters. The Kier molecular flexibility index (Phi) is 2.61. The van der Waals surface area contributed by atoms with E-state index in [0.29, 0.717) is 12.5 Å². The molecule has 1 aliphatic heterocycles. The van der Waals surface area contributed by atoms with Gasteiger partial charge in [-0.3, -0.25) is 4.79 Å². The Morgan fingerprint density at radius 2 is 2.19 bits per heavy atom. The van der Waals surface area contributed by atoms with Gasteiger partial charge in [0.05, 0.1) is 24.0 Å². The molecule has 5 heteroatoms. The summed E-state index contributed by atoms with van der Waals surface area (Å²) in [5, 5.41) is 2.07. The van der Waals surface area contributed by atoms with Crippen LogP contribution in [0.2, 0.25) is 0 Å². The van der Waals surface area contributed by atoms with Crippen LogP contribution < -0.4 is 0 Å². The molecule has 1 aliphatic carbocycles. The second-order valence-electron chi connectivity index (χ2n) is 6.75. The van der Waals surface area contributed by atoms with Crippen LogP contribution in [0.3, 0.4) is 0 Å². The molecule has 2 aliphatic rings. The van der Waals surface area contributed by atoms with Crippen molar-refractivity contribution in [2.24, 2.45) is 5.41 Å². The summed E-state index contributed by atoms with van der Waals surface area (Å²) in [7, 11) is 0. The van der Waals surface area contributed by atoms with E-state index in [2.05, 4.69) is 40.9 Å². The molecule has 1 fully saturated rings. The monoisotopic (exact) mass is 301 g/mol. The average Bonchev–Trinajstić information content (AvgIpc) is 2.93. The Morgan fingerprint density at radius 1 is 1.38 bits per heavy atom. The van der Waals surface area contributed by atoms with Crippen LogP contribution in [0.25, 0.3) is 0 Å². The van der Waals surface area contributed by atoms with Gasteiger partial charge < -0.3 is 9.47 Å². The molecule has 1 amide bonds. The van der Waals surface area contributed by atoms with E-state index in [1.807, 2.05) is 17.4 Å². The average molecular weight is 301 g/mol. The maximum Gasteiger partial charge on any atom is 0.235 e.